The summed E-state index contributed by atoms with van der Waals surface area (Å²) in [6.45, 7) is 4.54. The SMILES string of the molecule is CCC(C)CCCCCCCC/C=C/[C@@H](O)[C@@H]([NH3+])CO. The number of unbranched alkanes of at least 4 members (excludes halogenated alkanes) is 6. The Morgan fingerprint density at radius 3 is 2.25 bits per heavy atom. The summed E-state index contributed by atoms with van der Waals surface area (Å²) in [7, 11) is 0. The second-order valence-corrected chi connectivity index (χ2v) is 6.07. The van der Waals surface area contributed by atoms with Gasteiger partial charge in [-0.15, -0.1) is 0 Å². The van der Waals surface area contributed by atoms with Crippen LogP contribution in [0, 0.1) is 5.92 Å². The van der Waals surface area contributed by atoms with Gasteiger partial charge in [0, 0.05) is 0 Å². The van der Waals surface area contributed by atoms with E-state index in [4.69, 9.17) is 5.11 Å². The van der Waals surface area contributed by atoms with Crippen molar-refractivity contribution < 1.29 is 15.9 Å². The first kappa shape index (κ1) is 19.6. The van der Waals surface area contributed by atoms with Gasteiger partial charge in [0.25, 0.3) is 0 Å². The highest BCUT2D eigenvalue weighted by Gasteiger charge is 2.12. The Morgan fingerprint density at radius 2 is 1.65 bits per heavy atom. The third kappa shape index (κ3) is 11.4. The zero-order chi connectivity index (χ0) is 15.2. The molecule has 0 saturated carbocycles. The monoisotopic (exact) mass is 286 g/mol. The standard InChI is InChI=1S/C17H35NO2/c1-3-15(2)12-10-8-6-4-5-7-9-11-13-17(20)16(18)14-19/h11,13,15-17,19-20H,3-10,12,14,18H2,1-2H3/p+1/b13-11+/t15?,16-,17+/m0/s1. The van der Waals surface area contributed by atoms with E-state index in [0.29, 0.717) is 0 Å². The van der Waals surface area contributed by atoms with Gasteiger partial charge in [-0.1, -0.05) is 70.9 Å². The molecule has 0 radical (unpaired) electrons. The normalized spacial score (nSPS) is 16.4. The predicted molar refractivity (Wildman–Crippen MR) is 85.3 cm³/mol. The molecule has 0 fully saturated rings. The highest BCUT2D eigenvalue weighted by molar-refractivity contribution is 4.91. The van der Waals surface area contributed by atoms with Crippen molar-refractivity contribution in [3.63, 3.8) is 0 Å². The van der Waals surface area contributed by atoms with Crippen molar-refractivity contribution in [1.82, 2.24) is 0 Å². The second kappa shape index (κ2) is 13.6. The maximum atomic E-state index is 9.57. The molecule has 0 aromatic carbocycles. The Labute approximate surface area is 125 Å². The summed E-state index contributed by atoms with van der Waals surface area (Å²) in [5.74, 6) is 0.891. The summed E-state index contributed by atoms with van der Waals surface area (Å²) >= 11 is 0. The van der Waals surface area contributed by atoms with Crippen LogP contribution in [0.25, 0.3) is 0 Å². The molecule has 120 valence electrons. The van der Waals surface area contributed by atoms with Gasteiger partial charge in [-0.2, -0.15) is 0 Å². The van der Waals surface area contributed by atoms with Crippen molar-refractivity contribution in [3.8, 4) is 0 Å². The van der Waals surface area contributed by atoms with E-state index in [9.17, 15) is 5.11 Å². The lowest BCUT2D eigenvalue weighted by Gasteiger charge is -2.08. The first-order valence-electron chi connectivity index (χ1n) is 8.40. The van der Waals surface area contributed by atoms with Gasteiger partial charge in [-0.3, -0.25) is 0 Å². The van der Waals surface area contributed by atoms with Crippen molar-refractivity contribution in [2.45, 2.75) is 83.8 Å². The first-order valence-corrected chi connectivity index (χ1v) is 8.40. The van der Waals surface area contributed by atoms with Gasteiger partial charge >= 0.3 is 0 Å². The van der Waals surface area contributed by atoms with Crippen molar-refractivity contribution in [3.05, 3.63) is 12.2 Å². The minimum Gasteiger partial charge on any atom is -0.390 e. The predicted octanol–water partition coefficient (Wildman–Crippen LogP) is 2.67. The molecule has 0 aliphatic heterocycles. The van der Waals surface area contributed by atoms with Crippen LogP contribution in [0.2, 0.25) is 0 Å². The van der Waals surface area contributed by atoms with Gasteiger partial charge in [0.1, 0.15) is 12.1 Å². The van der Waals surface area contributed by atoms with Gasteiger partial charge < -0.3 is 15.9 Å². The fourth-order valence-electron chi connectivity index (χ4n) is 2.17. The van der Waals surface area contributed by atoms with Crippen LogP contribution in [-0.4, -0.2) is 29.0 Å². The van der Waals surface area contributed by atoms with E-state index < -0.39 is 6.10 Å². The van der Waals surface area contributed by atoms with Crippen LogP contribution in [0.4, 0.5) is 0 Å². The summed E-state index contributed by atoms with van der Waals surface area (Å²) in [6.07, 6.45) is 14.8. The van der Waals surface area contributed by atoms with Crippen LogP contribution in [0.1, 0.15) is 71.6 Å². The van der Waals surface area contributed by atoms with E-state index in [2.05, 4.69) is 19.6 Å². The molecule has 3 nitrogen and oxygen atoms in total. The van der Waals surface area contributed by atoms with E-state index >= 15 is 0 Å². The fourth-order valence-corrected chi connectivity index (χ4v) is 2.17. The number of hydrogen-bond donors (Lipinski definition) is 3. The molecule has 0 rings (SSSR count). The smallest absolute Gasteiger partial charge is 0.138 e. The minimum atomic E-state index is -0.611. The molecule has 0 aromatic rings. The summed E-state index contributed by atoms with van der Waals surface area (Å²) in [6, 6.07) is -0.309. The Kier molecular flexibility index (Phi) is 13.3. The molecular weight excluding hydrogens is 250 g/mol. The Balaban J connectivity index is 3.30. The summed E-state index contributed by atoms with van der Waals surface area (Å²) in [4.78, 5) is 0. The van der Waals surface area contributed by atoms with Crippen molar-refractivity contribution in [2.75, 3.05) is 6.61 Å². The van der Waals surface area contributed by atoms with Gasteiger partial charge in [-0.25, -0.2) is 0 Å². The summed E-state index contributed by atoms with van der Waals surface area (Å²) in [5, 5.41) is 18.4. The maximum absolute atomic E-state index is 9.57. The van der Waals surface area contributed by atoms with Gasteiger partial charge in [-0.05, 0) is 18.8 Å². The Hall–Kier alpha value is -0.380. The molecule has 3 heteroatoms. The number of aliphatic hydroxyl groups is 2. The van der Waals surface area contributed by atoms with Gasteiger partial charge in [0.05, 0.1) is 6.61 Å². The quantitative estimate of drug-likeness (QED) is 0.360. The van der Waals surface area contributed by atoms with Crippen molar-refractivity contribution in [1.29, 1.82) is 0 Å². The average Bonchev–Trinajstić information content (AvgIpc) is 2.47. The van der Waals surface area contributed by atoms with Crippen LogP contribution in [0.15, 0.2) is 12.2 Å². The topological polar surface area (TPSA) is 68.1 Å². The summed E-state index contributed by atoms with van der Waals surface area (Å²) in [5.41, 5.74) is 3.68. The van der Waals surface area contributed by atoms with Gasteiger partial charge in [0.2, 0.25) is 0 Å². The van der Waals surface area contributed by atoms with E-state index in [1.54, 1.807) is 6.08 Å². The van der Waals surface area contributed by atoms with Crippen molar-refractivity contribution >= 4 is 0 Å². The number of aliphatic hydroxyl groups excluding tert-OH is 2. The van der Waals surface area contributed by atoms with Crippen LogP contribution in [0.5, 0.6) is 0 Å². The zero-order valence-electron chi connectivity index (χ0n) is 13.6. The lowest BCUT2D eigenvalue weighted by Crippen LogP contribution is -2.67. The molecule has 0 spiro atoms. The lowest BCUT2D eigenvalue weighted by molar-refractivity contribution is -0.438. The first-order chi connectivity index (χ1) is 9.61. The summed E-state index contributed by atoms with van der Waals surface area (Å²) < 4.78 is 0. The Morgan fingerprint density at radius 1 is 1.05 bits per heavy atom. The highest BCUT2D eigenvalue weighted by atomic mass is 16.3. The molecule has 0 saturated heterocycles. The third-order valence-corrected chi connectivity index (χ3v) is 4.07. The van der Waals surface area contributed by atoms with E-state index in [-0.39, 0.29) is 12.6 Å². The average molecular weight is 286 g/mol. The molecule has 0 aliphatic rings. The molecule has 5 N–H and O–H groups in total. The molecule has 3 atom stereocenters. The minimum absolute atomic E-state index is 0.0673. The molecule has 0 heterocycles. The number of hydrogen-bond acceptors (Lipinski definition) is 2. The van der Waals surface area contributed by atoms with Gasteiger partial charge in [0.15, 0.2) is 0 Å². The zero-order valence-corrected chi connectivity index (χ0v) is 13.6. The lowest BCUT2D eigenvalue weighted by atomic mass is 10.00. The molecule has 20 heavy (non-hydrogen) atoms. The number of allylic oxidation sites excluding steroid dienone is 1. The molecule has 0 aliphatic carbocycles. The van der Waals surface area contributed by atoms with E-state index in [0.717, 1.165) is 12.3 Å². The van der Waals surface area contributed by atoms with Crippen molar-refractivity contribution in [2.24, 2.45) is 5.92 Å². The van der Waals surface area contributed by atoms with Crippen LogP contribution < -0.4 is 5.73 Å². The molecule has 1 unspecified atom stereocenters. The van der Waals surface area contributed by atoms with Crippen LogP contribution in [0.3, 0.4) is 0 Å². The van der Waals surface area contributed by atoms with Crippen LogP contribution >= 0.6 is 0 Å². The number of rotatable bonds is 13. The molecule has 0 bridgehead atoms. The molecular formula is C17H36NO2+. The fraction of sp³-hybridized carbons (Fsp3) is 0.882. The highest BCUT2D eigenvalue weighted by Crippen LogP contribution is 2.14. The van der Waals surface area contributed by atoms with Crippen LogP contribution in [-0.2, 0) is 0 Å². The number of quaternary nitrogens is 1. The second-order valence-electron chi connectivity index (χ2n) is 6.07. The Bertz CT molecular complexity index is 231. The van der Waals surface area contributed by atoms with E-state index in [1.165, 1.54) is 51.4 Å². The molecule has 0 aromatic heterocycles. The maximum Gasteiger partial charge on any atom is 0.138 e. The largest absolute Gasteiger partial charge is 0.390 e. The molecule has 0 amide bonds. The third-order valence-electron chi connectivity index (χ3n) is 4.07. The van der Waals surface area contributed by atoms with E-state index in [1.807, 2.05) is 6.08 Å².